The molecule has 0 radical (unpaired) electrons. The number of carbonyl (C=O) groups is 1. The molecule has 0 heterocycles. The lowest BCUT2D eigenvalue weighted by molar-refractivity contribution is -0.385. The maximum atomic E-state index is 12.2. The lowest BCUT2D eigenvalue weighted by Crippen LogP contribution is -2.35. The van der Waals surface area contributed by atoms with Crippen molar-refractivity contribution >= 4 is 34.8 Å². The highest BCUT2D eigenvalue weighted by atomic mass is 35.5. The molecular weight excluding hydrogens is 315 g/mol. The van der Waals surface area contributed by atoms with E-state index in [9.17, 15) is 14.9 Å². The fourth-order valence-corrected chi connectivity index (χ4v) is 3.10. The molecule has 1 aliphatic rings. The Balaban J connectivity index is 2.06. The minimum absolute atomic E-state index is 0.0190. The lowest BCUT2D eigenvalue weighted by Gasteiger charge is -2.27. The fourth-order valence-electron chi connectivity index (χ4n) is 2.56. The Morgan fingerprint density at radius 3 is 2.76 bits per heavy atom. The molecule has 0 spiro atoms. The first-order chi connectivity index (χ1) is 9.99. The van der Waals surface area contributed by atoms with Gasteiger partial charge in [0.2, 0.25) is 0 Å². The quantitative estimate of drug-likeness (QED) is 0.518. The third-order valence-corrected chi connectivity index (χ3v) is 4.55. The minimum atomic E-state index is -0.587. The van der Waals surface area contributed by atoms with Crippen LogP contribution in [-0.2, 0) is 0 Å². The molecular formula is C14H16Cl2N2O3. The van der Waals surface area contributed by atoms with Crippen LogP contribution in [0.15, 0.2) is 18.2 Å². The monoisotopic (exact) mass is 330 g/mol. The van der Waals surface area contributed by atoms with Crippen LogP contribution in [0, 0.1) is 16.0 Å². The molecule has 1 saturated carbocycles. The number of halogens is 2. The summed E-state index contributed by atoms with van der Waals surface area (Å²) >= 11 is 12.1. The van der Waals surface area contributed by atoms with E-state index in [2.05, 4.69) is 5.32 Å². The number of nitrogens with zero attached hydrogens (tertiary/aromatic N) is 1. The molecule has 1 aromatic rings. The Morgan fingerprint density at radius 2 is 2.10 bits per heavy atom. The number of rotatable bonds is 4. The van der Waals surface area contributed by atoms with Crippen molar-refractivity contribution in [3.8, 4) is 0 Å². The van der Waals surface area contributed by atoms with Crippen molar-refractivity contribution in [3.05, 3.63) is 38.9 Å². The summed E-state index contributed by atoms with van der Waals surface area (Å²) in [6.45, 7) is 0.427. The van der Waals surface area contributed by atoms with Crippen LogP contribution in [0.25, 0.3) is 0 Å². The summed E-state index contributed by atoms with van der Waals surface area (Å²) in [5.74, 6) is -0.277. The normalized spacial score (nSPS) is 21.8. The van der Waals surface area contributed by atoms with E-state index in [4.69, 9.17) is 23.2 Å². The second kappa shape index (κ2) is 7.09. The molecule has 1 N–H and O–H groups in total. The Kier molecular flexibility index (Phi) is 5.42. The first-order valence-electron chi connectivity index (χ1n) is 6.85. The topological polar surface area (TPSA) is 72.2 Å². The van der Waals surface area contributed by atoms with Gasteiger partial charge in [0.1, 0.15) is 5.56 Å². The molecule has 7 heteroatoms. The first kappa shape index (κ1) is 16.0. The summed E-state index contributed by atoms with van der Waals surface area (Å²) in [4.78, 5) is 22.5. The zero-order chi connectivity index (χ0) is 15.4. The highest BCUT2D eigenvalue weighted by Crippen LogP contribution is 2.28. The number of benzene rings is 1. The van der Waals surface area contributed by atoms with Gasteiger partial charge >= 0.3 is 0 Å². The number of amides is 1. The highest BCUT2D eigenvalue weighted by molar-refractivity contribution is 6.31. The predicted molar refractivity (Wildman–Crippen MR) is 82.0 cm³/mol. The van der Waals surface area contributed by atoms with E-state index in [1.807, 2.05) is 0 Å². The van der Waals surface area contributed by atoms with E-state index in [1.54, 1.807) is 0 Å². The summed E-state index contributed by atoms with van der Waals surface area (Å²) in [5, 5.41) is 14.0. The largest absolute Gasteiger partial charge is 0.351 e. The van der Waals surface area contributed by atoms with Gasteiger partial charge in [-0.2, -0.15) is 0 Å². The number of alkyl halides is 1. The fraction of sp³-hybridized carbons (Fsp3) is 0.500. The van der Waals surface area contributed by atoms with Crippen molar-refractivity contribution in [1.29, 1.82) is 0 Å². The molecule has 2 unspecified atom stereocenters. The van der Waals surface area contributed by atoms with Gasteiger partial charge in [-0.3, -0.25) is 14.9 Å². The standard InChI is InChI=1S/C14H16Cl2N2O3/c15-10-5-6-13(18(20)21)11(7-10)14(19)17-8-9-3-1-2-4-12(9)16/h5-7,9,12H,1-4,8H2,(H,17,19). The number of hydrogen-bond acceptors (Lipinski definition) is 3. The average Bonchev–Trinajstić information content (AvgIpc) is 2.45. The molecule has 2 atom stereocenters. The maximum Gasteiger partial charge on any atom is 0.282 e. The molecule has 114 valence electrons. The Hall–Kier alpha value is -1.33. The summed E-state index contributed by atoms with van der Waals surface area (Å²) in [7, 11) is 0. The van der Waals surface area contributed by atoms with E-state index < -0.39 is 10.8 Å². The summed E-state index contributed by atoms with van der Waals surface area (Å²) in [5.41, 5.74) is -0.266. The molecule has 0 saturated heterocycles. The number of nitrogens with one attached hydrogen (secondary N) is 1. The van der Waals surface area contributed by atoms with Gasteiger partial charge < -0.3 is 5.32 Å². The highest BCUT2D eigenvalue weighted by Gasteiger charge is 2.25. The van der Waals surface area contributed by atoms with Crippen molar-refractivity contribution in [2.75, 3.05) is 6.54 Å². The molecule has 1 amide bonds. The van der Waals surface area contributed by atoms with Crippen LogP contribution < -0.4 is 5.32 Å². The summed E-state index contributed by atoms with van der Waals surface area (Å²) in [6, 6.07) is 3.95. The van der Waals surface area contributed by atoms with Gasteiger partial charge in [0.15, 0.2) is 0 Å². The second-order valence-corrected chi connectivity index (χ2v) is 6.19. The van der Waals surface area contributed by atoms with Gasteiger partial charge in [-0.05, 0) is 30.9 Å². The summed E-state index contributed by atoms with van der Waals surface area (Å²) in [6.07, 6.45) is 4.12. The first-order valence-corrected chi connectivity index (χ1v) is 7.66. The number of hydrogen-bond donors (Lipinski definition) is 1. The van der Waals surface area contributed by atoms with Crippen LogP contribution in [0.3, 0.4) is 0 Å². The van der Waals surface area contributed by atoms with Crippen LogP contribution in [0.2, 0.25) is 5.02 Å². The molecule has 1 aromatic carbocycles. The molecule has 1 aliphatic carbocycles. The molecule has 1 fully saturated rings. The van der Waals surface area contributed by atoms with Crippen molar-refractivity contribution in [2.24, 2.45) is 5.92 Å². The molecule has 0 aromatic heterocycles. The zero-order valence-corrected chi connectivity index (χ0v) is 12.9. The Morgan fingerprint density at radius 1 is 1.38 bits per heavy atom. The third-order valence-electron chi connectivity index (χ3n) is 3.74. The number of carbonyl (C=O) groups excluding carboxylic acids is 1. The van der Waals surface area contributed by atoms with Gasteiger partial charge in [-0.1, -0.05) is 24.4 Å². The smallest absolute Gasteiger partial charge is 0.282 e. The van der Waals surface area contributed by atoms with E-state index >= 15 is 0 Å². The van der Waals surface area contributed by atoms with E-state index in [-0.39, 0.29) is 22.5 Å². The SMILES string of the molecule is O=C(NCC1CCCCC1Cl)c1cc(Cl)ccc1[N+](=O)[O-]. The van der Waals surface area contributed by atoms with E-state index in [0.717, 1.165) is 25.7 Å². The third kappa shape index (κ3) is 4.08. The van der Waals surface area contributed by atoms with E-state index in [0.29, 0.717) is 11.6 Å². The van der Waals surface area contributed by atoms with Crippen LogP contribution in [-0.4, -0.2) is 22.8 Å². The number of nitro groups is 1. The van der Waals surface area contributed by atoms with Gasteiger partial charge in [0.25, 0.3) is 11.6 Å². The van der Waals surface area contributed by atoms with Crippen molar-refractivity contribution < 1.29 is 9.72 Å². The van der Waals surface area contributed by atoms with Gasteiger partial charge in [0, 0.05) is 23.0 Å². The number of nitro benzene ring substituents is 1. The van der Waals surface area contributed by atoms with E-state index in [1.165, 1.54) is 18.2 Å². The summed E-state index contributed by atoms with van der Waals surface area (Å²) < 4.78 is 0. The molecule has 21 heavy (non-hydrogen) atoms. The van der Waals surface area contributed by atoms with Crippen molar-refractivity contribution in [1.82, 2.24) is 5.32 Å². The average molecular weight is 331 g/mol. The molecule has 2 rings (SSSR count). The molecule has 5 nitrogen and oxygen atoms in total. The second-order valence-electron chi connectivity index (χ2n) is 5.19. The molecule has 0 bridgehead atoms. The van der Waals surface area contributed by atoms with Gasteiger partial charge in [-0.25, -0.2) is 0 Å². The van der Waals surface area contributed by atoms with Crippen LogP contribution in [0.5, 0.6) is 0 Å². The van der Waals surface area contributed by atoms with Crippen LogP contribution in [0.4, 0.5) is 5.69 Å². The van der Waals surface area contributed by atoms with Gasteiger partial charge in [-0.15, -0.1) is 11.6 Å². The predicted octanol–water partition coefficient (Wildman–Crippen LogP) is 3.78. The molecule has 0 aliphatic heterocycles. The zero-order valence-electron chi connectivity index (χ0n) is 11.4. The van der Waals surface area contributed by atoms with Crippen molar-refractivity contribution in [3.63, 3.8) is 0 Å². The van der Waals surface area contributed by atoms with Crippen LogP contribution >= 0.6 is 23.2 Å². The van der Waals surface area contributed by atoms with Gasteiger partial charge in [0.05, 0.1) is 4.92 Å². The Bertz CT molecular complexity index is 551. The minimum Gasteiger partial charge on any atom is -0.351 e. The van der Waals surface area contributed by atoms with Crippen molar-refractivity contribution in [2.45, 2.75) is 31.1 Å². The van der Waals surface area contributed by atoms with Crippen LogP contribution in [0.1, 0.15) is 36.0 Å². The maximum absolute atomic E-state index is 12.2. The Labute approximate surface area is 132 Å². The lowest BCUT2D eigenvalue weighted by atomic mass is 9.88.